The van der Waals surface area contributed by atoms with Crippen LogP contribution in [-0.4, -0.2) is 53.8 Å². The van der Waals surface area contributed by atoms with Gasteiger partial charge >= 0.3 is 0 Å². The molecule has 0 radical (unpaired) electrons. The summed E-state index contributed by atoms with van der Waals surface area (Å²) in [5, 5.41) is 0. The molecule has 104 valence electrons. The zero-order valence-corrected chi connectivity index (χ0v) is 12.2. The van der Waals surface area contributed by atoms with E-state index in [-0.39, 0.29) is 5.54 Å². The number of rotatable bonds is 4. The van der Waals surface area contributed by atoms with E-state index in [1.165, 1.54) is 6.54 Å². The molecule has 2 saturated heterocycles. The van der Waals surface area contributed by atoms with Crippen LogP contribution in [-0.2, 0) is 4.79 Å². The van der Waals surface area contributed by atoms with Crippen molar-refractivity contribution in [2.75, 3.05) is 32.7 Å². The third kappa shape index (κ3) is 2.62. The van der Waals surface area contributed by atoms with Crippen LogP contribution >= 0.6 is 0 Å². The van der Waals surface area contributed by atoms with Gasteiger partial charge in [0.15, 0.2) is 5.78 Å². The van der Waals surface area contributed by atoms with Crippen molar-refractivity contribution in [2.45, 2.75) is 52.0 Å². The first-order valence-electron chi connectivity index (χ1n) is 7.59. The second-order valence-electron chi connectivity index (χ2n) is 6.39. The number of likely N-dealkylation sites (tertiary alicyclic amines) is 2. The van der Waals surface area contributed by atoms with Crippen molar-refractivity contribution in [1.82, 2.24) is 9.80 Å². The molecule has 0 aromatic rings. The van der Waals surface area contributed by atoms with Gasteiger partial charge in [0.25, 0.3) is 0 Å². The number of carbonyl (C=O) groups excluding carboxylic acids is 1. The molecule has 0 amide bonds. The Bertz CT molecular complexity index is 293. The van der Waals surface area contributed by atoms with Crippen LogP contribution in [0.25, 0.3) is 0 Å². The van der Waals surface area contributed by atoms with Gasteiger partial charge in [0.05, 0.1) is 5.54 Å². The van der Waals surface area contributed by atoms with E-state index in [2.05, 4.69) is 30.6 Å². The predicted molar refractivity (Wildman–Crippen MR) is 74.7 cm³/mol. The number of carbonyl (C=O) groups is 1. The third-order valence-corrected chi connectivity index (χ3v) is 4.53. The van der Waals surface area contributed by atoms with Crippen LogP contribution in [0.2, 0.25) is 0 Å². The smallest absolute Gasteiger partial charge is 0.154 e. The van der Waals surface area contributed by atoms with Crippen molar-refractivity contribution >= 4 is 5.78 Å². The quantitative estimate of drug-likeness (QED) is 0.766. The molecule has 0 aliphatic carbocycles. The summed E-state index contributed by atoms with van der Waals surface area (Å²) in [5.41, 5.74) is -0.0799. The lowest BCUT2D eigenvalue weighted by atomic mass is 9.83. The van der Waals surface area contributed by atoms with Gasteiger partial charge in [-0.2, -0.15) is 0 Å². The molecule has 0 atom stereocenters. The maximum absolute atomic E-state index is 12.3. The number of Topliss-reactive ketones (excluding diaryl/α,β-unsaturated/α-hetero) is 1. The Hall–Kier alpha value is -0.410. The Morgan fingerprint density at radius 1 is 1.22 bits per heavy atom. The SMILES string of the molecule is CCCN1CCC(=O)C12CCN(CC(C)C)CC2. The standard InChI is InChI=1S/C15H28N2O/c1-4-8-17-9-5-14(18)15(17)6-10-16(11-7-15)12-13(2)3/h13H,4-12H2,1-3H3. The van der Waals surface area contributed by atoms with Gasteiger partial charge in [-0.15, -0.1) is 0 Å². The lowest BCUT2D eigenvalue weighted by Gasteiger charge is -2.44. The molecule has 0 N–H and O–H groups in total. The van der Waals surface area contributed by atoms with Gasteiger partial charge in [-0.1, -0.05) is 20.8 Å². The van der Waals surface area contributed by atoms with Crippen LogP contribution in [0.4, 0.5) is 0 Å². The van der Waals surface area contributed by atoms with Crippen molar-refractivity contribution in [1.29, 1.82) is 0 Å². The highest BCUT2D eigenvalue weighted by Gasteiger charge is 2.48. The van der Waals surface area contributed by atoms with E-state index >= 15 is 0 Å². The monoisotopic (exact) mass is 252 g/mol. The first-order chi connectivity index (χ1) is 8.58. The normalized spacial score (nSPS) is 25.4. The van der Waals surface area contributed by atoms with Crippen LogP contribution in [0.1, 0.15) is 46.5 Å². The van der Waals surface area contributed by atoms with Gasteiger partial charge in [-0.25, -0.2) is 0 Å². The number of ketones is 1. The minimum atomic E-state index is -0.0799. The highest BCUT2D eigenvalue weighted by molar-refractivity contribution is 5.90. The summed E-state index contributed by atoms with van der Waals surface area (Å²) in [6.45, 7) is 12.2. The Morgan fingerprint density at radius 3 is 2.44 bits per heavy atom. The molecule has 0 aromatic carbocycles. The van der Waals surface area contributed by atoms with Crippen molar-refractivity contribution in [3.63, 3.8) is 0 Å². The molecule has 1 spiro atoms. The van der Waals surface area contributed by atoms with Crippen LogP contribution < -0.4 is 0 Å². The first-order valence-corrected chi connectivity index (χ1v) is 7.59. The molecule has 0 unspecified atom stereocenters. The van der Waals surface area contributed by atoms with E-state index in [9.17, 15) is 4.79 Å². The fourth-order valence-electron chi connectivity index (χ4n) is 3.67. The van der Waals surface area contributed by atoms with E-state index in [4.69, 9.17) is 0 Å². The van der Waals surface area contributed by atoms with E-state index in [0.717, 1.165) is 57.8 Å². The number of hydrogen-bond acceptors (Lipinski definition) is 3. The Labute approximate surface area is 112 Å². The molecule has 2 fully saturated rings. The minimum Gasteiger partial charge on any atom is -0.303 e. The molecule has 0 aromatic heterocycles. The fraction of sp³-hybridized carbons (Fsp3) is 0.933. The van der Waals surface area contributed by atoms with Gasteiger partial charge in [-0.05, 0) is 31.7 Å². The summed E-state index contributed by atoms with van der Waals surface area (Å²) < 4.78 is 0. The zero-order chi connectivity index (χ0) is 13.2. The van der Waals surface area contributed by atoms with Crippen LogP contribution in [0.15, 0.2) is 0 Å². The zero-order valence-electron chi connectivity index (χ0n) is 12.2. The van der Waals surface area contributed by atoms with E-state index in [0.29, 0.717) is 5.78 Å². The number of hydrogen-bond donors (Lipinski definition) is 0. The molecule has 3 nitrogen and oxygen atoms in total. The fourth-order valence-corrected chi connectivity index (χ4v) is 3.67. The molecule has 2 rings (SSSR count). The van der Waals surface area contributed by atoms with E-state index < -0.39 is 0 Å². The molecule has 18 heavy (non-hydrogen) atoms. The lowest BCUT2D eigenvalue weighted by molar-refractivity contribution is -0.127. The van der Waals surface area contributed by atoms with Gasteiger partial charge < -0.3 is 4.90 Å². The Balaban J connectivity index is 1.98. The average molecular weight is 252 g/mol. The van der Waals surface area contributed by atoms with Crippen LogP contribution in [0.5, 0.6) is 0 Å². The first kappa shape index (κ1) is 14.0. The molecular formula is C15H28N2O. The Kier molecular flexibility index (Phi) is 4.44. The average Bonchev–Trinajstić information content (AvgIpc) is 2.61. The number of nitrogens with zero attached hydrogens (tertiary/aromatic N) is 2. The van der Waals surface area contributed by atoms with Crippen LogP contribution in [0.3, 0.4) is 0 Å². The van der Waals surface area contributed by atoms with Gasteiger partial charge in [0.1, 0.15) is 0 Å². The maximum Gasteiger partial charge on any atom is 0.154 e. The predicted octanol–water partition coefficient (Wildman–Crippen LogP) is 2.16. The second kappa shape index (κ2) is 5.70. The highest BCUT2D eigenvalue weighted by Crippen LogP contribution is 2.36. The van der Waals surface area contributed by atoms with Gasteiger partial charge in [-0.3, -0.25) is 9.69 Å². The molecule has 2 aliphatic rings. The summed E-state index contributed by atoms with van der Waals surface area (Å²) in [5.74, 6) is 1.24. The van der Waals surface area contributed by atoms with Crippen molar-refractivity contribution in [2.24, 2.45) is 5.92 Å². The van der Waals surface area contributed by atoms with Gasteiger partial charge in [0.2, 0.25) is 0 Å². The number of piperidine rings is 1. The summed E-state index contributed by atoms with van der Waals surface area (Å²) in [7, 11) is 0. The highest BCUT2D eigenvalue weighted by atomic mass is 16.1. The minimum absolute atomic E-state index is 0.0799. The largest absolute Gasteiger partial charge is 0.303 e. The summed E-state index contributed by atoms with van der Waals surface area (Å²) in [6, 6.07) is 0. The summed E-state index contributed by atoms with van der Waals surface area (Å²) >= 11 is 0. The van der Waals surface area contributed by atoms with E-state index in [1.807, 2.05) is 0 Å². The molecular weight excluding hydrogens is 224 g/mol. The van der Waals surface area contributed by atoms with Crippen molar-refractivity contribution < 1.29 is 4.79 Å². The Morgan fingerprint density at radius 2 is 1.89 bits per heavy atom. The third-order valence-electron chi connectivity index (χ3n) is 4.53. The van der Waals surface area contributed by atoms with Gasteiger partial charge in [0, 0.05) is 32.6 Å². The van der Waals surface area contributed by atoms with Crippen molar-refractivity contribution in [3.8, 4) is 0 Å². The summed E-state index contributed by atoms with van der Waals surface area (Å²) in [6.07, 6.45) is 4.05. The van der Waals surface area contributed by atoms with Crippen LogP contribution in [0, 0.1) is 5.92 Å². The molecule has 2 heterocycles. The van der Waals surface area contributed by atoms with Crippen molar-refractivity contribution in [3.05, 3.63) is 0 Å². The summed E-state index contributed by atoms with van der Waals surface area (Å²) in [4.78, 5) is 17.3. The molecule has 0 bridgehead atoms. The molecule has 0 saturated carbocycles. The molecule has 2 aliphatic heterocycles. The maximum atomic E-state index is 12.3. The van der Waals surface area contributed by atoms with E-state index in [1.54, 1.807) is 0 Å². The second-order valence-corrected chi connectivity index (χ2v) is 6.39. The molecule has 3 heteroatoms. The lowest BCUT2D eigenvalue weighted by Crippen LogP contribution is -2.56. The topological polar surface area (TPSA) is 23.6 Å².